The van der Waals surface area contributed by atoms with Crippen molar-refractivity contribution < 1.29 is 59.8 Å². The minimum Gasteiger partial charge on any atom is -0.394 e. The largest absolute Gasteiger partial charge is 0.394 e. The lowest BCUT2D eigenvalue weighted by Crippen LogP contribution is -2.64. The van der Waals surface area contributed by atoms with Gasteiger partial charge in [0.25, 0.3) is 6.29 Å². The van der Waals surface area contributed by atoms with Gasteiger partial charge in [-0.15, -0.1) is 0 Å². The van der Waals surface area contributed by atoms with Gasteiger partial charge in [-0.2, -0.15) is 5.48 Å². The Bertz CT molecular complexity index is 726. The Hall–Kier alpha value is -1.33. The van der Waals surface area contributed by atoms with Crippen LogP contribution >= 0.6 is 0 Å². The monoisotopic (exact) mass is 462 g/mol. The van der Waals surface area contributed by atoms with Crippen LogP contribution in [0.2, 0.25) is 0 Å². The SMILES string of the molecule is Cc1c[nH+]cc(CON[C@@H]2OC(CO)[C@@H](O)[C@@H](O[C]3OC(CO)[C@@H](O)[C@@H](O)C3O)C2O)c1. The highest BCUT2D eigenvalue weighted by molar-refractivity contribution is 5.12. The normalized spacial score (nSPS) is 38.7. The van der Waals surface area contributed by atoms with Gasteiger partial charge >= 0.3 is 0 Å². The molecule has 2 aliphatic rings. The number of aliphatic hydroxyl groups excluding tert-OH is 7. The third-order valence-electron chi connectivity index (χ3n) is 5.29. The van der Waals surface area contributed by atoms with Gasteiger partial charge in [-0.3, -0.25) is 4.84 Å². The first-order valence-electron chi connectivity index (χ1n) is 10.1. The number of aromatic amines is 1. The fourth-order valence-electron chi connectivity index (χ4n) is 3.48. The van der Waals surface area contributed by atoms with Crippen LogP contribution in [-0.4, -0.2) is 104 Å². The molecule has 3 rings (SSSR count). The summed E-state index contributed by atoms with van der Waals surface area (Å²) in [6, 6.07) is 1.87. The molecule has 3 heterocycles. The van der Waals surface area contributed by atoms with Crippen LogP contribution < -0.4 is 10.5 Å². The van der Waals surface area contributed by atoms with Gasteiger partial charge in [0.2, 0.25) is 0 Å². The van der Waals surface area contributed by atoms with Gasteiger partial charge in [0.05, 0.1) is 19.8 Å². The van der Waals surface area contributed by atoms with Crippen molar-refractivity contribution in [2.45, 2.75) is 68.6 Å². The van der Waals surface area contributed by atoms with Gasteiger partial charge < -0.3 is 50.0 Å². The topological polar surface area (TPSA) is 205 Å². The van der Waals surface area contributed by atoms with Crippen molar-refractivity contribution in [1.82, 2.24) is 5.48 Å². The predicted molar refractivity (Wildman–Crippen MR) is 102 cm³/mol. The molecule has 32 heavy (non-hydrogen) atoms. The summed E-state index contributed by atoms with van der Waals surface area (Å²) < 4.78 is 16.1. The zero-order chi connectivity index (χ0) is 23.4. The number of hydroxylamine groups is 1. The summed E-state index contributed by atoms with van der Waals surface area (Å²) in [4.78, 5) is 8.32. The molecule has 0 aliphatic carbocycles. The van der Waals surface area contributed by atoms with E-state index in [-0.39, 0.29) is 6.61 Å². The molecular weight excluding hydrogens is 432 g/mol. The molecule has 0 spiro atoms. The summed E-state index contributed by atoms with van der Waals surface area (Å²) >= 11 is 0. The van der Waals surface area contributed by atoms with Crippen molar-refractivity contribution in [2.24, 2.45) is 0 Å². The molecule has 9 atom stereocenters. The first kappa shape index (κ1) is 25.3. The van der Waals surface area contributed by atoms with Gasteiger partial charge in [0.1, 0.15) is 48.8 Å². The van der Waals surface area contributed by atoms with Crippen molar-refractivity contribution >= 4 is 0 Å². The number of aromatic nitrogens is 1. The summed E-state index contributed by atoms with van der Waals surface area (Å²) in [5.41, 5.74) is 4.29. The number of aliphatic hydroxyl groups is 7. The molecule has 1 radical (unpaired) electrons. The summed E-state index contributed by atoms with van der Waals surface area (Å²) in [5.74, 6) is 0. The van der Waals surface area contributed by atoms with Crippen LogP contribution in [0.25, 0.3) is 0 Å². The molecule has 2 fully saturated rings. The van der Waals surface area contributed by atoms with Crippen molar-refractivity contribution in [2.75, 3.05) is 13.2 Å². The predicted octanol–water partition coefficient (Wildman–Crippen LogP) is -4.38. The second-order valence-corrected chi connectivity index (χ2v) is 7.75. The lowest BCUT2D eigenvalue weighted by molar-refractivity contribution is -0.379. The smallest absolute Gasteiger partial charge is 0.257 e. The average molecular weight is 462 g/mol. The van der Waals surface area contributed by atoms with Gasteiger partial charge in [0, 0.05) is 11.1 Å². The lowest BCUT2D eigenvalue weighted by atomic mass is 9.96. The van der Waals surface area contributed by atoms with Crippen molar-refractivity contribution in [1.29, 1.82) is 0 Å². The van der Waals surface area contributed by atoms with Crippen molar-refractivity contribution in [3.8, 4) is 0 Å². The molecule has 0 bridgehead atoms. The van der Waals surface area contributed by atoms with Crippen LogP contribution in [0.3, 0.4) is 0 Å². The van der Waals surface area contributed by atoms with Gasteiger partial charge in [-0.25, -0.2) is 4.98 Å². The first-order valence-corrected chi connectivity index (χ1v) is 10.1. The van der Waals surface area contributed by atoms with E-state index in [2.05, 4.69) is 10.5 Å². The second-order valence-electron chi connectivity index (χ2n) is 7.75. The van der Waals surface area contributed by atoms with E-state index in [4.69, 9.17) is 19.0 Å². The summed E-state index contributed by atoms with van der Waals surface area (Å²) in [5, 5.41) is 69.9. The fourth-order valence-corrected chi connectivity index (χ4v) is 3.48. The second kappa shape index (κ2) is 11.2. The van der Waals surface area contributed by atoms with E-state index in [9.17, 15) is 35.7 Å². The first-order chi connectivity index (χ1) is 15.3. The molecule has 1 aromatic rings. The number of nitrogens with one attached hydrogen (secondary N) is 2. The minimum absolute atomic E-state index is 0.101. The molecule has 0 saturated carbocycles. The van der Waals surface area contributed by atoms with E-state index in [0.717, 1.165) is 11.1 Å². The van der Waals surface area contributed by atoms with Crippen LogP contribution in [0, 0.1) is 13.2 Å². The zero-order valence-electron chi connectivity index (χ0n) is 17.3. The molecule has 2 aliphatic heterocycles. The van der Waals surface area contributed by atoms with E-state index in [1.807, 2.05) is 13.0 Å². The number of aryl methyl sites for hydroxylation is 1. The summed E-state index contributed by atoms with van der Waals surface area (Å²) in [7, 11) is 0. The average Bonchev–Trinajstić information content (AvgIpc) is 2.78. The maximum atomic E-state index is 10.7. The van der Waals surface area contributed by atoms with E-state index in [0.29, 0.717) is 0 Å². The fraction of sp³-hybridized carbons (Fsp3) is 0.684. The highest BCUT2D eigenvalue weighted by Crippen LogP contribution is 2.32. The molecule has 9 N–H and O–H groups in total. The maximum absolute atomic E-state index is 10.7. The number of pyridine rings is 1. The van der Waals surface area contributed by atoms with Crippen molar-refractivity contribution in [3.05, 3.63) is 35.9 Å². The van der Waals surface area contributed by atoms with Gasteiger partial charge in [-0.05, 0) is 13.0 Å². The Balaban J connectivity index is 1.66. The number of ether oxygens (including phenoxy) is 3. The van der Waals surface area contributed by atoms with Crippen LogP contribution in [0.5, 0.6) is 0 Å². The number of hydrogen-bond donors (Lipinski definition) is 8. The standard InChI is InChI=1S/C19H29N2O11/c1-8-2-9(4-20-3-8)7-29-21-18-16(28)17(13(25)11(6-23)30-18)32-19-15(27)14(26)12(24)10(5-22)31-19/h2-4,10-18,21-28H,5-7H2,1H3/p+1/t10?,11?,12-,13-,14-,15?,16?,17-,18-/m1/s1. The Labute approximate surface area is 183 Å². The highest BCUT2D eigenvalue weighted by Gasteiger charge is 2.51. The summed E-state index contributed by atoms with van der Waals surface area (Å²) in [6.07, 6.45) is -10.6. The van der Waals surface area contributed by atoms with E-state index in [1.54, 1.807) is 12.4 Å². The molecule has 181 valence electrons. The molecule has 0 aromatic carbocycles. The lowest BCUT2D eigenvalue weighted by Gasteiger charge is -2.45. The zero-order valence-corrected chi connectivity index (χ0v) is 17.3. The van der Waals surface area contributed by atoms with Crippen LogP contribution in [0.1, 0.15) is 11.1 Å². The van der Waals surface area contributed by atoms with Gasteiger partial charge in [0.15, 0.2) is 18.6 Å². The third-order valence-corrected chi connectivity index (χ3v) is 5.29. The molecule has 13 heteroatoms. The van der Waals surface area contributed by atoms with E-state index >= 15 is 0 Å². The quantitative estimate of drug-likeness (QED) is 0.173. The number of rotatable bonds is 8. The molecule has 1 aromatic heterocycles. The van der Waals surface area contributed by atoms with Gasteiger partial charge in [-0.1, -0.05) is 0 Å². The van der Waals surface area contributed by atoms with Crippen LogP contribution in [0.4, 0.5) is 0 Å². The van der Waals surface area contributed by atoms with E-state index in [1.165, 1.54) is 0 Å². The Morgan fingerprint density at radius 3 is 2.34 bits per heavy atom. The maximum Gasteiger partial charge on any atom is 0.257 e. The molecule has 2 saturated heterocycles. The Morgan fingerprint density at radius 1 is 0.969 bits per heavy atom. The van der Waals surface area contributed by atoms with Crippen molar-refractivity contribution in [3.63, 3.8) is 0 Å². The minimum atomic E-state index is -1.82. The van der Waals surface area contributed by atoms with Crippen LogP contribution in [0.15, 0.2) is 18.5 Å². The molecule has 0 amide bonds. The number of H-pyrrole nitrogens is 1. The van der Waals surface area contributed by atoms with Crippen LogP contribution in [-0.2, 0) is 25.7 Å². The van der Waals surface area contributed by atoms with E-state index < -0.39 is 74.6 Å². The Kier molecular flexibility index (Phi) is 8.85. The third kappa shape index (κ3) is 5.59. The summed E-state index contributed by atoms with van der Waals surface area (Å²) in [6.45, 7) is 0.680. The Morgan fingerprint density at radius 2 is 1.69 bits per heavy atom. The molecule has 13 nitrogen and oxygen atoms in total. The molecule has 4 unspecified atom stereocenters. The highest BCUT2D eigenvalue weighted by atomic mass is 16.7. The number of hydrogen-bond acceptors (Lipinski definition) is 12. The molecular formula is C19H30N2O11+.